The molecule has 0 atom stereocenters. The predicted molar refractivity (Wildman–Crippen MR) is 105 cm³/mol. The van der Waals surface area contributed by atoms with Crippen molar-refractivity contribution in [3.63, 3.8) is 0 Å². The van der Waals surface area contributed by atoms with E-state index in [4.69, 9.17) is 8.92 Å². The van der Waals surface area contributed by atoms with Crippen LogP contribution in [0.3, 0.4) is 0 Å². The first-order valence-electron chi connectivity index (χ1n) is 8.20. The number of amides is 2. The van der Waals surface area contributed by atoms with E-state index >= 15 is 0 Å². The number of ether oxygens (including phenoxy) is 1. The molecule has 1 aliphatic heterocycles. The second-order valence-corrected chi connectivity index (χ2v) is 6.62. The van der Waals surface area contributed by atoms with Crippen molar-refractivity contribution in [1.29, 1.82) is 0 Å². The van der Waals surface area contributed by atoms with Gasteiger partial charge in [0.25, 0.3) is 11.8 Å². The summed E-state index contributed by atoms with van der Waals surface area (Å²) >= 11 is 1.16. The van der Waals surface area contributed by atoms with Gasteiger partial charge >= 0.3 is 0 Å². The molecule has 0 radical (unpaired) electrons. The van der Waals surface area contributed by atoms with E-state index in [2.05, 4.69) is 16.0 Å². The van der Waals surface area contributed by atoms with Crippen LogP contribution in [0.4, 0.5) is 5.69 Å². The highest BCUT2D eigenvalue weighted by Gasteiger charge is 2.21. The Kier molecular flexibility index (Phi) is 6.00. The molecular formula is C19H19N3O4S. The van der Waals surface area contributed by atoms with Crippen molar-refractivity contribution in [2.24, 2.45) is 0 Å². The van der Waals surface area contributed by atoms with Crippen molar-refractivity contribution < 1.29 is 18.5 Å². The molecule has 8 heteroatoms. The number of fused-ring (bicyclic) bond motifs is 2. The lowest BCUT2D eigenvalue weighted by Crippen LogP contribution is -2.25. The number of hydrogen-bond donors (Lipinski definition) is 3. The minimum atomic E-state index is -0.280. The van der Waals surface area contributed by atoms with Crippen LogP contribution in [-0.4, -0.2) is 32.5 Å². The van der Waals surface area contributed by atoms with Gasteiger partial charge < -0.3 is 24.9 Å². The minimum Gasteiger partial charge on any atom is -0.454 e. The molecule has 140 valence electrons. The first-order chi connectivity index (χ1) is 13.1. The zero-order valence-electron chi connectivity index (χ0n) is 14.9. The lowest BCUT2D eigenvalue weighted by Gasteiger charge is -2.11. The summed E-state index contributed by atoms with van der Waals surface area (Å²) in [6.45, 7) is 0.309. The van der Waals surface area contributed by atoms with Crippen LogP contribution in [0.1, 0.15) is 20.7 Å². The average Bonchev–Trinajstić information content (AvgIpc) is 2.81. The Hall–Kier alpha value is -2.97. The topological polar surface area (TPSA) is 88.7 Å². The molecule has 0 saturated heterocycles. The van der Waals surface area contributed by atoms with E-state index in [9.17, 15) is 9.59 Å². The maximum atomic E-state index is 12.5. The summed E-state index contributed by atoms with van der Waals surface area (Å²) in [5, 5.41) is 8.51. The molecule has 1 heterocycles. The second kappa shape index (κ2) is 8.61. The molecule has 0 aromatic heterocycles. The number of carbonyl (C=O) groups excluding carboxylic acids is 2. The fraction of sp³-hybridized carbons (Fsp3) is 0.158. The summed E-state index contributed by atoms with van der Waals surface area (Å²) < 4.78 is 10.8. The number of nitrogens with one attached hydrogen (secondary N) is 3. The standard InChI is InChI=1S/C19H19N3O4S/c1-20-10-13(27-25-2)11-21-18(23)12-7-8-17-15(9-12)22-19(24)14-5-3-4-6-16(14)26-17/h3-10,20H,11H2,1-2H3,(H,21,23)(H,22,24)/b13-10-. The summed E-state index contributed by atoms with van der Waals surface area (Å²) in [4.78, 5) is 25.7. The van der Waals surface area contributed by atoms with E-state index in [1.54, 1.807) is 62.8 Å². The van der Waals surface area contributed by atoms with E-state index in [-0.39, 0.29) is 11.8 Å². The van der Waals surface area contributed by atoms with Gasteiger partial charge in [-0.25, -0.2) is 0 Å². The van der Waals surface area contributed by atoms with Crippen molar-refractivity contribution in [2.45, 2.75) is 0 Å². The third-order valence-electron chi connectivity index (χ3n) is 3.76. The Balaban J connectivity index is 1.77. The first kappa shape index (κ1) is 18.8. The van der Waals surface area contributed by atoms with Gasteiger partial charge in [0.1, 0.15) is 5.75 Å². The Morgan fingerprint density at radius 2 is 2.07 bits per heavy atom. The Bertz CT molecular complexity index is 898. The summed E-state index contributed by atoms with van der Waals surface area (Å²) in [6, 6.07) is 11.9. The average molecular weight is 385 g/mol. The van der Waals surface area contributed by atoms with Crippen LogP contribution in [0, 0.1) is 0 Å². The van der Waals surface area contributed by atoms with E-state index in [1.165, 1.54) is 0 Å². The fourth-order valence-electron chi connectivity index (χ4n) is 2.55. The lowest BCUT2D eigenvalue weighted by molar-refractivity contribution is 0.0956. The summed E-state index contributed by atoms with van der Waals surface area (Å²) in [5.74, 6) is 0.408. The number of benzene rings is 2. The van der Waals surface area contributed by atoms with Gasteiger partial charge in [-0.2, -0.15) is 0 Å². The van der Waals surface area contributed by atoms with Crippen molar-refractivity contribution in [3.05, 3.63) is 64.7 Å². The van der Waals surface area contributed by atoms with Crippen LogP contribution >= 0.6 is 12.0 Å². The normalized spacial score (nSPS) is 12.8. The molecule has 0 spiro atoms. The Morgan fingerprint density at radius 1 is 1.26 bits per heavy atom. The van der Waals surface area contributed by atoms with Gasteiger partial charge in [-0.05, 0) is 30.3 Å². The van der Waals surface area contributed by atoms with Crippen LogP contribution in [0.25, 0.3) is 0 Å². The molecular weight excluding hydrogens is 366 g/mol. The van der Waals surface area contributed by atoms with E-state index in [0.29, 0.717) is 34.9 Å². The number of carbonyl (C=O) groups is 2. The van der Waals surface area contributed by atoms with Crippen LogP contribution in [-0.2, 0) is 4.18 Å². The molecule has 0 fully saturated rings. The van der Waals surface area contributed by atoms with Crippen molar-refractivity contribution in [2.75, 3.05) is 26.0 Å². The fourth-order valence-corrected chi connectivity index (χ4v) is 3.06. The molecule has 2 aromatic rings. The van der Waals surface area contributed by atoms with Gasteiger partial charge in [0.2, 0.25) is 0 Å². The van der Waals surface area contributed by atoms with Crippen LogP contribution in [0.2, 0.25) is 0 Å². The molecule has 2 amide bonds. The Labute approximate surface area is 161 Å². The van der Waals surface area contributed by atoms with E-state index < -0.39 is 0 Å². The third-order valence-corrected chi connectivity index (χ3v) is 4.40. The van der Waals surface area contributed by atoms with Gasteiger partial charge in [0.15, 0.2) is 5.75 Å². The van der Waals surface area contributed by atoms with Gasteiger partial charge in [-0.3, -0.25) is 9.59 Å². The molecule has 3 rings (SSSR count). The highest BCUT2D eigenvalue weighted by Crippen LogP contribution is 2.35. The summed E-state index contributed by atoms with van der Waals surface area (Å²) in [6.07, 6.45) is 1.75. The zero-order chi connectivity index (χ0) is 19.2. The number of rotatable bonds is 6. The number of hydrogen-bond acceptors (Lipinski definition) is 6. The molecule has 0 aliphatic carbocycles. The molecule has 3 N–H and O–H groups in total. The molecule has 1 aliphatic rings. The third kappa shape index (κ3) is 4.42. The van der Waals surface area contributed by atoms with E-state index in [0.717, 1.165) is 16.9 Å². The van der Waals surface area contributed by atoms with Crippen molar-refractivity contribution >= 4 is 29.5 Å². The molecule has 2 aromatic carbocycles. The molecule has 0 bridgehead atoms. The highest BCUT2D eigenvalue weighted by molar-refractivity contribution is 7.98. The quantitative estimate of drug-likeness (QED) is 0.662. The first-order valence-corrected chi connectivity index (χ1v) is 8.94. The minimum absolute atomic E-state index is 0.271. The van der Waals surface area contributed by atoms with Gasteiger partial charge in [-0.15, -0.1) is 0 Å². The van der Waals surface area contributed by atoms with Crippen LogP contribution in [0.15, 0.2) is 53.6 Å². The van der Waals surface area contributed by atoms with Crippen LogP contribution in [0.5, 0.6) is 11.5 Å². The molecule has 7 nitrogen and oxygen atoms in total. The monoisotopic (exact) mass is 385 g/mol. The summed E-state index contributed by atoms with van der Waals surface area (Å²) in [7, 11) is 3.33. The largest absolute Gasteiger partial charge is 0.454 e. The van der Waals surface area contributed by atoms with E-state index in [1.807, 2.05) is 0 Å². The maximum Gasteiger partial charge on any atom is 0.259 e. The highest BCUT2D eigenvalue weighted by atomic mass is 32.2. The molecule has 27 heavy (non-hydrogen) atoms. The number of anilines is 1. The molecule has 0 saturated carbocycles. The predicted octanol–water partition coefficient (Wildman–Crippen LogP) is 3.13. The zero-order valence-corrected chi connectivity index (χ0v) is 15.7. The SMILES string of the molecule is CN/C=C(/CNC(=O)c1ccc2c(c1)NC(=O)c1ccccc1O2)SOC. The van der Waals surface area contributed by atoms with Crippen molar-refractivity contribution in [3.8, 4) is 11.5 Å². The number of para-hydroxylation sites is 1. The molecule has 0 unspecified atom stereocenters. The second-order valence-electron chi connectivity index (χ2n) is 5.60. The smallest absolute Gasteiger partial charge is 0.259 e. The maximum absolute atomic E-state index is 12.5. The Morgan fingerprint density at radius 3 is 2.85 bits per heavy atom. The van der Waals surface area contributed by atoms with Crippen LogP contribution < -0.4 is 20.7 Å². The van der Waals surface area contributed by atoms with Gasteiger partial charge in [-0.1, -0.05) is 12.1 Å². The van der Waals surface area contributed by atoms with Gasteiger partial charge in [0.05, 0.1) is 24.9 Å². The van der Waals surface area contributed by atoms with Crippen molar-refractivity contribution in [1.82, 2.24) is 10.6 Å². The lowest BCUT2D eigenvalue weighted by atomic mass is 10.1. The summed E-state index contributed by atoms with van der Waals surface area (Å²) in [5.41, 5.74) is 1.30. The van der Waals surface area contributed by atoms with Gasteiger partial charge in [0, 0.05) is 35.8 Å².